The number of nitrogens with two attached hydrogens (primary N) is 1. The lowest BCUT2D eigenvalue weighted by Gasteiger charge is -2.09. The molecule has 0 fully saturated rings. The van der Waals surface area contributed by atoms with Gasteiger partial charge >= 0.3 is 0 Å². The summed E-state index contributed by atoms with van der Waals surface area (Å²) in [6.45, 7) is 4.33. The maximum atomic E-state index is 12.4. The zero-order chi connectivity index (χ0) is 14.7. The Morgan fingerprint density at radius 3 is 2.30 bits per heavy atom. The van der Waals surface area contributed by atoms with E-state index in [4.69, 9.17) is 17.3 Å². The second-order valence-electron chi connectivity index (χ2n) is 5.00. The molecular weight excluding hydrogens is 270 g/mol. The van der Waals surface area contributed by atoms with Crippen LogP contribution >= 0.6 is 11.6 Å². The summed E-state index contributed by atoms with van der Waals surface area (Å²) in [6, 6.07) is 12.7. The quantitative estimate of drug-likeness (QED) is 0.656. The van der Waals surface area contributed by atoms with Gasteiger partial charge in [-0.3, -0.25) is 4.79 Å². The minimum Gasteiger partial charge on any atom is -0.398 e. The number of hydrogen-bond donors (Lipinski definition) is 1. The molecule has 0 heterocycles. The second-order valence-corrected chi connectivity index (χ2v) is 5.40. The topological polar surface area (TPSA) is 43.1 Å². The van der Waals surface area contributed by atoms with E-state index >= 15 is 0 Å². The number of carbonyl (C=O) groups is 1. The van der Waals surface area contributed by atoms with Crippen molar-refractivity contribution in [2.24, 2.45) is 0 Å². The first-order chi connectivity index (χ1) is 9.52. The highest BCUT2D eigenvalue weighted by atomic mass is 35.5. The Kier molecular flexibility index (Phi) is 4.46. The van der Waals surface area contributed by atoms with Crippen molar-refractivity contribution >= 4 is 23.1 Å². The van der Waals surface area contributed by atoms with Crippen LogP contribution in [-0.4, -0.2) is 5.78 Å². The van der Waals surface area contributed by atoms with Crippen molar-refractivity contribution < 1.29 is 4.79 Å². The molecule has 2 aromatic carbocycles. The number of benzene rings is 2. The average molecular weight is 288 g/mol. The molecule has 0 aliphatic rings. The SMILES string of the molecule is CCC(C)c1ccc(C(=O)c2ccc(Cl)c(N)c2)cc1. The Bertz CT molecular complexity index is 619. The second kappa shape index (κ2) is 6.10. The fraction of sp³-hybridized carbons (Fsp3) is 0.235. The molecule has 0 saturated carbocycles. The summed E-state index contributed by atoms with van der Waals surface area (Å²) in [5.74, 6) is 0.467. The third-order valence-corrected chi connectivity index (χ3v) is 3.96. The molecule has 20 heavy (non-hydrogen) atoms. The monoisotopic (exact) mass is 287 g/mol. The van der Waals surface area contributed by atoms with Gasteiger partial charge in [0.25, 0.3) is 0 Å². The molecule has 0 saturated heterocycles. The van der Waals surface area contributed by atoms with E-state index in [1.54, 1.807) is 18.2 Å². The van der Waals surface area contributed by atoms with Crippen LogP contribution in [0.25, 0.3) is 0 Å². The molecule has 2 aromatic rings. The number of ketones is 1. The van der Waals surface area contributed by atoms with Crippen molar-refractivity contribution in [3.63, 3.8) is 0 Å². The third kappa shape index (κ3) is 3.02. The summed E-state index contributed by atoms with van der Waals surface area (Å²) in [5.41, 5.74) is 8.63. The molecule has 2 N–H and O–H groups in total. The zero-order valence-electron chi connectivity index (χ0n) is 11.7. The molecule has 2 rings (SSSR count). The average Bonchev–Trinajstić information content (AvgIpc) is 2.48. The first-order valence-corrected chi connectivity index (χ1v) is 7.10. The van der Waals surface area contributed by atoms with E-state index in [1.807, 2.05) is 24.3 Å². The normalized spacial score (nSPS) is 12.2. The van der Waals surface area contributed by atoms with E-state index in [0.717, 1.165) is 6.42 Å². The van der Waals surface area contributed by atoms with E-state index in [2.05, 4.69) is 13.8 Å². The molecule has 1 atom stereocenters. The highest BCUT2D eigenvalue weighted by Crippen LogP contribution is 2.23. The van der Waals surface area contributed by atoms with E-state index < -0.39 is 0 Å². The van der Waals surface area contributed by atoms with Crippen molar-refractivity contribution in [2.75, 3.05) is 5.73 Å². The summed E-state index contributed by atoms with van der Waals surface area (Å²) < 4.78 is 0. The molecule has 1 unspecified atom stereocenters. The van der Waals surface area contributed by atoms with Crippen LogP contribution in [0.4, 0.5) is 5.69 Å². The molecule has 0 amide bonds. The van der Waals surface area contributed by atoms with Crippen LogP contribution in [0.2, 0.25) is 5.02 Å². The molecule has 0 aliphatic heterocycles. The van der Waals surface area contributed by atoms with E-state index in [9.17, 15) is 4.79 Å². The summed E-state index contributed by atoms with van der Waals surface area (Å²) in [5, 5.41) is 0.466. The maximum absolute atomic E-state index is 12.4. The minimum absolute atomic E-state index is 0.0379. The van der Waals surface area contributed by atoms with Gasteiger partial charge in [-0.1, -0.05) is 49.7 Å². The van der Waals surface area contributed by atoms with Gasteiger partial charge in [-0.2, -0.15) is 0 Å². The lowest BCUT2D eigenvalue weighted by molar-refractivity contribution is 0.103. The van der Waals surface area contributed by atoms with Gasteiger partial charge in [0.15, 0.2) is 5.78 Å². The van der Waals surface area contributed by atoms with Gasteiger partial charge in [0.05, 0.1) is 10.7 Å². The molecule has 0 bridgehead atoms. The van der Waals surface area contributed by atoms with Gasteiger partial charge in [-0.15, -0.1) is 0 Å². The number of carbonyl (C=O) groups excluding carboxylic acids is 1. The van der Waals surface area contributed by atoms with Crippen LogP contribution in [0.1, 0.15) is 47.7 Å². The van der Waals surface area contributed by atoms with Crippen molar-refractivity contribution in [2.45, 2.75) is 26.2 Å². The van der Waals surface area contributed by atoms with Gasteiger partial charge in [-0.05, 0) is 36.1 Å². The molecule has 0 aliphatic carbocycles. The summed E-state index contributed by atoms with van der Waals surface area (Å²) in [7, 11) is 0. The van der Waals surface area contributed by atoms with E-state index in [0.29, 0.717) is 27.8 Å². The molecule has 0 aromatic heterocycles. The largest absolute Gasteiger partial charge is 0.398 e. The van der Waals surface area contributed by atoms with E-state index in [1.165, 1.54) is 5.56 Å². The van der Waals surface area contributed by atoms with Crippen molar-refractivity contribution in [3.8, 4) is 0 Å². The van der Waals surface area contributed by atoms with E-state index in [-0.39, 0.29) is 5.78 Å². The third-order valence-electron chi connectivity index (χ3n) is 3.61. The Morgan fingerprint density at radius 2 is 1.75 bits per heavy atom. The van der Waals surface area contributed by atoms with Gasteiger partial charge in [0, 0.05) is 11.1 Å². The molecule has 0 radical (unpaired) electrons. The molecular formula is C17H18ClNO. The lowest BCUT2D eigenvalue weighted by Crippen LogP contribution is -2.03. The number of halogens is 1. The predicted octanol–water partition coefficient (Wildman–Crippen LogP) is 4.67. The Labute approximate surface area is 124 Å². The van der Waals surface area contributed by atoms with Gasteiger partial charge in [0.2, 0.25) is 0 Å². The first kappa shape index (κ1) is 14.6. The van der Waals surface area contributed by atoms with Gasteiger partial charge < -0.3 is 5.73 Å². The fourth-order valence-corrected chi connectivity index (χ4v) is 2.17. The molecule has 3 heteroatoms. The zero-order valence-corrected chi connectivity index (χ0v) is 12.4. The highest BCUT2D eigenvalue weighted by Gasteiger charge is 2.11. The van der Waals surface area contributed by atoms with Crippen LogP contribution in [-0.2, 0) is 0 Å². The van der Waals surface area contributed by atoms with Crippen molar-refractivity contribution in [3.05, 3.63) is 64.2 Å². The molecule has 0 spiro atoms. The van der Waals surface area contributed by atoms with Crippen molar-refractivity contribution in [1.82, 2.24) is 0 Å². The van der Waals surface area contributed by atoms with Crippen LogP contribution < -0.4 is 5.73 Å². The number of nitrogen functional groups attached to an aromatic ring is 1. The number of rotatable bonds is 4. The fourth-order valence-electron chi connectivity index (χ4n) is 2.05. The number of hydrogen-bond acceptors (Lipinski definition) is 2. The highest BCUT2D eigenvalue weighted by molar-refractivity contribution is 6.33. The Hall–Kier alpha value is -1.80. The lowest BCUT2D eigenvalue weighted by atomic mass is 9.95. The van der Waals surface area contributed by atoms with Crippen LogP contribution in [0.5, 0.6) is 0 Å². The Balaban J connectivity index is 2.27. The standard InChI is InChI=1S/C17H18ClNO/c1-3-11(2)12-4-6-13(7-5-12)17(20)14-8-9-15(18)16(19)10-14/h4-11H,3,19H2,1-2H3. The molecule has 104 valence electrons. The van der Waals surface area contributed by atoms with Gasteiger partial charge in [-0.25, -0.2) is 0 Å². The first-order valence-electron chi connectivity index (χ1n) is 6.72. The van der Waals surface area contributed by atoms with Gasteiger partial charge in [0.1, 0.15) is 0 Å². The van der Waals surface area contributed by atoms with Crippen LogP contribution in [0.15, 0.2) is 42.5 Å². The summed E-state index contributed by atoms with van der Waals surface area (Å²) in [6.07, 6.45) is 1.08. The van der Waals surface area contributed by atoms with Crippen LogP contribution in [0, 0.1) is 0 Å². The van der Waals surface area contributed by atoms with Crippen LogP contribution in [0.3, 0.4) is 0 Å². The smallest absolute Gasteiger partial charge is 0.193 e. The minimum atomic E-state index is -0.0379. The molecule has 2 nitrogen and oxygen atoms in total. The Morgan fingerprint density at radius 1 is 1.15 bits per heavy atom. The predicted molar refractivity (Wildman–Crippen MR) is 84.4 cm³/mol. The summed E-state index contributed by atoms with van der Waals surface area (Å²) >= 11 is 5.87. The summed E-state index contributed by atoms with van der Waals surface area (Å²) in [4.78, 5) is 12.4. The van der Waals surface area contributed by atoms with Crippen molar-refractivity contribution in [1.29, 1.82) is 0 Å². The maximum Gasteiger partial charge on any atom is 0.193 e. The number of anilines is 1.